The van der Waals surface area contributed by atoms with Crippen molar-refractivity contribution < 1.29 is 4.74 Å². The van der Waals surface area contributed by atoms with Crippen molar-refractivity contribution in [2.45, 2.75) is 19.6 Å². The van der Waals surface area contributed by atoms with Crippen LogP contribution in [0, 0.1) is 5.92 Å². The van der Waals surface area contributed by atoms with Gasteiger partial charge in [0.25, 0.3) is 0 Å². The van der Waals surface area contributed by atoms with E-state index in [0.29, 0.717) is 19.1 Å². The summed E-state index contributed by atoms with van der Waals surface area (Å²) in [5.41, 5.74) is 7.07. The van der Waals surface area contributed by atoms with Crippen molar-refractivity contribution >= 4 is 0 Å². The third-order valence-electron chi connectivity index (χ3n) is 2.47. The Labute approximate surface area is 91.7 Å². The summed E-state index contributed by atoms with van der Waals surface area (Å²) in [6, 6.07) is 10.1. The van der Waals surface area contributed by atoms with Crippen LogP contribution in [-0.2, 0) is 11.3 Å². The molecule has 0 saturated heterocycles. The molecule has 0 heterocycles. The molecule has 1 rings (SSSR count). The van der Waals surface area contributed by atoms with E-state index in [-0.39, 0.29) is 6.04 Å². The van der Waals surface area contributed by atoms with Gasteiger partial charge in [-0.2, -0.15) is 0 Å². The molecule has 1 unspecified atom stereocenters. The van der Waals surface area contributed by atoms with Gasteiger partial charge < -0.3 is 10.5 Å². The zero-order chi connectivity index (χ0) is 11.1. The summed E-state index contributed by atoms with van der Waals surface area (Å²) < 4.78 is 5.53. The molecule has 0 fully saturated rings. The van der Waals surface area contributed by atoms with Gasteiger partial charge in [0.15, 0.2) is 0 Å². The Hall–Kier alpha value is -1.12. The molecule has 0 amide bonds. The average Bonchev–Trinajstić information content (AvgIpc) is 2.29. The number of benzene rings is 1. The molecule has 0 aromatic heterocycles. The van der Waals surface area contributed by atoms with Gasteiger partial charge in [0.1, 0.15) is 0 Å². The van der Waals surface area contributed by atoms with E-state index in [2.05, 4.69) is 6.58 Å². The first kappa shape index (κ1) is 12.0. The second kappa shape index (κ2) is 6.38. The van der Waals surface area contributed by atoms with Gasteiger partial charge in [-0.3, -0.25) is 0 Å². The molecular formula is C13H19NO. The molecule has 0 aliphatic carbocycles. The maximum atomic E-state index is 5.90. The van der Waals surface area contributed by atoms with Crippen LogP contribution in [0.3, 0.4) is 0 Å². The molecule has 2 atom stereocenters. The standard InChI is InChI=1S/C13H19NO/c1-3-11(2)13(14)10-15-9-12-7-5-4-6-8-12/h3-8,11,13H,1,9-10,14H2,2H3/t11-,13?/m1/s1. The van der Waals surface area contributed by atoms with Crippen molar-refractivity contribution in [3.63, 3.8) is 0 Å². The first-order valence-corrected chi connectivity index (χ1v) is 5.24. The molecule has 0 radical (unpaired) electrons. The van der Waals surface area contributed by atoms with Crippen LogP contribution < -0.4 is 5.73 Å². The Balaban J connectivity index is 2.25. The lowest BCUT2D eigenvalue weighted by molar-refractivity contribution is 0.100. The van der Waals surface area contributed by atoms with Crippen LogP contribution in [0.4, 0.5) is 0 Å². The Morgan fingerprint density at radius 3 is 2.67 bits per heavy atom. The van der Waals surface area contributed by atoms with E-state index in [0.717, 1.165) is 0 Å². The number of hydrogen-bond donors (Lipinski definition) is 1. The van der Waals surface area contributed by atoms with Crippen LogP contribution >= 0.6 is 0 Å². The van der Waals surface area contributed by atoms with Crippen LogP contribution in [0.5, 0.6) is 0 Å². The van der Waals surface area contributed by atoms with Crippen LogP contribution in [0.25, 0.3) is 0 Å². The molecule has 0 aliphatic rings. The number of rotatable bonds is 6. The fourth-order valence-corrected chi connectivity index (χ4v) is 1.21. The lowest BCUT2D eigenvalue weighted by atomic mass is 10.0. The molecule has 82 valence electrons. The summed E-state index contributed by atoms with van der Waals surface area (Å²) in [5.74, 6) is 0.292. The molecule has 2 heteroatoms. The first-order chi connectivity index (χ1) is 7.24. The predicted molar refractivity (Wildman–Crippen MR) is 63.4 cm³/mol. The van der Waals surface area contributed by atoms with Crippen molar-refractivity contribution in [2.24, 2.45) is 11.7 Å². The van der Waals surface area contributed by atoms with Crippen LogP contribution in [0.2, 0.25) is 0 Å². The van der Waals surface area contributed by atoms with Gasteiger partial charge in [0, 0.05) is 6.04 Å². The molecule has 2 nitrogen and oxygen atoms in total. The summed E-state index contributed by atoms with van der Waals surface area (Å²) in [7, 11) is 0. The Morgan fingerprint density at radius 2 is 2.07 bits per heavy atom. The summed E-state index contributed by atoms with van der Waals surface area (Å²) in [5, 5.41) is 0. The summed E-state index contributed by atoms with van der Waals surface area (Å²) in [4.78, 5) is 0. The van der Waals surface area contributed by atoms with E-state index in [4.69, 9.17) is 10.5 Å². The molecule has 1 aromatic rings. The molecule has 0 spiro atoms. The van der Waals surface area contributed by atoms with Crippen molar-refractivity contribution in [3.8, 4) is 0 Å². The van der Waals surface area contributed by atoms with Crippen molar-refractivity contribution in [1.29, 1.82) is 0 Å². The quantitative estimate of drug-likeness (QED) is 0.723. The summed E-state index contributed by atoms with van der Waals surface area (Å²) >= 11 is 0. The highest BCUT2D eigenvalue weighted by atomic mass is 16.5. The minimum absolute atomic E-state index is 0.0335. The summed E-state index contributed by atoms with van der Waals surface area (Å²) in [6.07, 6.45) is 1.86. The number of nitrogens with two attached hydrogens (primary N) is 1. The fourth-order valence-electron chi connectivity index (χ4n) is 1.21. The van der Waals surface area contributed by atoms with E-state index in [1.165, 1.54) is 5.56 Å². The smallest absolute Gasteiger partial charge is 0.0717 e. The highest BCUT2D eigenvalue weighted by Gasteiger charge is 2.08. The van der Waals surface area contributed by atoms with Crippen molar-refractivity contribution in [1.82, 2.24) is 0 Å². The molecule has 0 bridgehead atoms. The maximum Gasteiger partial charge on any atom is 0.0717 e. The molecule has 15 heavy (non-hydrogen) atoms. The fraction of sp³-hybridized carbons (Fsp3) is 0.385. The second-order valence-corrected chi connectivity index (χ2v) is 3.76. The van der Waals surface area contributed by atoms with Gasteiger partial charge in [0.2, 0.25) is 0 Å². The topological polar surface area (TPSA) is 35.2 Å². The lowest BCUT2D eigenvalue weighted by Crippen LogP contribution is -2.32. The van der Waals surface area contributed by atoms with Crippen LogP contribution in [0.1, 0.15) is 12.5 Å². The van der Waals surface area contributed by atoms with Gasteiger partial charge in [0.05, 0.1) is 13.2 Å². The lowest BCUT2D eigenvalue weighted by Gasteiger charge is -2.16. The highest BCUT2D eigenvalue weighted by molar-refractivity contribution is 5.13. The van der Waals surface area contributed by atoms with Gasteiger partial charge >= 0.3 is 0 Å². The van der Waals surface area contributed by atoms with E-state index < -0.39 is 0 Å². The zero-order valence-corrected chi connectivity index (χ0v) is 9.23. The van der Waals surface area contributed by atoms with Gasteiger partial charge in [-0.15, -0.1) is 6.58 Å². The SMILES string of the molecule is C=C[C@@H](C)C(N)COCc1ccccc1. The van der Waals surface area contributed by atoms with Gasteiger partial charge in [-0.25, -0.2) is 0 Å². The third-order valence-corrected chi connectivity index (χ3v) is 2.47. The number of hydrogen-bond acceptors (Lipinski definition) is 2. The van der Waals surface area contributed by atoms with Crippen molar-refractivity contribution in [3.05, 3.63) is 48.6 Å². The highest BCUT2D eigenvalue weighted by Crippen LogP contribution is 2.04. The minimum Gasteiger partial charge on any atom is -0.375 e. The summed E-state index contributed by atoms with van der Waals surface area (Å²) in [6.45, 7) is 6.95. The average molecular weight is 205 g/mol. The van der Waals surface area contributed by atoms with E-state index in [1.807, 2.05) is 43.3 Å². The van der Waals surface area contributed by atoms with E-state index in [9.17, 15) is 0 Å². The largest absolute Gasteiger partial charge is 0.375 e. The predicted octanol–water partition coefficient (Wildman–Crippen LogP) is 2.35. The molecular weight excluding hydrogens is 186 g/mol. The van der Waals surface area contributed by atoms with E-state index >= 15 is 0 Å². The number of ether oxygens (including phenoxy) is 1. The first-order valence-electron chi connectivity index (χ1n) is 5.24. The van der Waals surface area contributed by atoms with Gasteiger partial charge in [-0.1, -0.05) is 43.3 Å². The Kier molecular flexibility index (Phi) is 5.08. The maximum absolute atomic E-state index is 5.90. The Bertz CT molecular complexity index is 284. The zero-order valence-electron chi connectivity index (χ0n) is 9.23. The monoisotopic (exact) mass is 205 g/mol. The molecule has 0 aliphatic heterocycles. The molecule has 0 saturated carbocycles. The Morgan fingerprint density at radius 1 is 1.40 bits per heavy atom. The van der Waals surface area contributed by atoms with Crippen LogP contribution in [-0.4, -0.2) is 12.6 Å². The molecule has 1 aromatic carbocycles. The van der Waals surface area contributed by atoms with Crippen LogP contribution in [0.15, 0.2) is 43.0 Å². The third kappa shape index (κ3) is 4.28. The normalized spacial score (nSPS) is 14.5. The van der Waals surface area contributed by atoms with Gasteiger partial charge in [-0.05, 0) is 11.5 Å². The molecule has 2 N–H and O–H groups in total. The second-order valence-electron chi connectivity index (χ2n) is 3.76. The minimum atomic E-state index is 0.0335. The van der Waals surface area contributed by atoms with E-state index in [1.54, 1.807) is 0 Å². The van der Waals surface area contributed by atoms with Crippen molar-refractivity contribution in [2.75, 3.05) is 6.61 Å².